The molecule has 2 atom stereocenters. The first kappa shape index (κ1) is 25.2. The molecular weight excluding hydrogens is 437 g/mol. The van der Waals surface area contributed by atoms with Gasteiger partial charge in [0.25, 0.3) is 11.8 Å². The van der Waals surface area contributed by atoms with Gasteiger partial charge in [-0.3, -0.25) is 14.4 Å². The number of nitrogens with one attached hydrogen (secondary N) is 2. The van der Waals surface area contributed by atoms with Crippen molar-refractivity contribution in [2.24, 2.45) is 5.92 Å². The lowest BCUT2D eigenvalue weighted by atomic mass is 9.88. The molecule has 2 aromatic carbocycles. The first-order valence-electron chi connectivity index (χ1n) is 11.6. The first-order valence-corrected chi connectivity index (χ1v) is 11.6. The van der Waals surface area contributed by atoms with Gasteiger partial charge in [0.1, 0.15) is 17.6 Å². The standard InChI is InChI=1S/C26H32FN3O4/c1-4-17(2)28-25(32)23(29-24(31)21-7-5-6-8-22(21)27)18-13-15-30(16-14-18)26(33)19-9-11-20(34-3)12-10-19/h5-12,17-18,23H,4,13-16H2,1-3H3,(H,28,32)(H,29,31). The molecule has 1 aliphatic heterocycles. The van der Waals surface area contributed by atoms with E-state index in [4.69, 9.17) is 4.74 Å². The molecule has 182 valence electrons. The van der Waals surface area contributed by atoms with Crippen molar-refractivity contribution >= 4 is 17.7 Å². The Bertz CT molecular complexity index is 1000. The first-order chi connectivity index (χ1) is 16.3. The molecule has 1 fully saturated rings. The third-order valence-electron chi connectivity index (χ3n) is 6.32. The number of piperidine rings is 1. The van der Waals surface area contributed by atoms with Crippen LogP contribution < -0.4 is 15.4 Å². The molecule has 0 spiro atoms. The van der Waals surface area contributed by atoms with Crippen molar-refractivity contribution in [1.82, 2.24) is 15.5 Å². The van der Waals surface area contributed by atoms with Crippen LogP contribution in [0.5, 0.6) is 5.75 Å². The van der Waals surface area contributed by atoms with E-state index in [1.807, 2.05) is 13.8 Å². The summed E-state index contributed by atoms with van der Waals surface area (Å²) in [5, 5.41) is 5.68. The van der Waals surface area contributed by atoms with Gasteiger partial charge in [0.05, 0.1) is 12.7 Å². The molecule has 2 unspecified atom stereocenters. The maximum absolute atomic E-state index is 14.1. The summed E-state index contributed by atoms with van der Waals surface area (Å²) in [6, 6.07) is 11.8. The van der Waals surface area contributed by atoms with E-state index in [2.05, 4.69) is 10.6 Å². The summed E-state index contributed by atoms with van der Waals surface area (Å²) in [4.78, 5) is 40.5. The van der Waals surface area contributed by atoms with Gasteiger partial charge in [-0.15, -0.1) is 0 Å². The molecule has 1 aliphatic rings. The lowest BCUT2D eigenvalue weighted by molar-refractivity contribution is -0.125. The molecule has 1 heterocycles. The molecule has 3 amide bonds. The lowest BCUT2D eigenvalue weighted by Crippen LogP contribution is -2.55. The van der Waals surface area contributed by atoms with Gasteiger partial charge < -0.3 is 20.3 Å². The monoisotopic (exact) mass is 469 g/mol. The van der Waals surface area contributed by atoms with Gasteiger partial charge in [0, 0.05) is 24.7 Å². The summed E-state index contributed by atoms with van der Waals surface area (Å²) in [7, 11) is 1.57. The highest BCUT2D eigenvalue weighted by molar-refractivity contribution is 5.98. The average molecular weight is 470 g/mol. The SMILES string of the molecule is CCC(C)NC(=O)C(NC(=O)c1ccccc1F)C1CCN(C(=O)c2ccc(OC)cc2)CC1. The largest absolute Gasteiger partial charge is 0.497 e. The number of hydrogen-bond acceptors (Lipinski definition) is 4. The summed E-state index contributed by atoms with van der Waals surface area (Å²) < 4.78 is 19.3. The Balaban J connectivity index is 1.70. The van der Waals surface area contributed by atoms with E-state index in [0.717, 1.165) is 6.42 Å². The summed E-state index contributed by atoms with van der Waals surface area (Å²) >= 11 is 0. The second-order valence-corrected chi connectivity index (χ2v) is 8.61. The van der Waals surface area contributed by atoms with Crippen LogP contribution in [-0.2, 0) is 4.79 Å². The minimum atomic E-state index is -0.820. The fourth-order valence-electron chi connectivity index (χ4n) is 4.05. The lowest BCUT2D eigenvalue weighted by Gasteiger charge is -2.36. The number of hydrogen-bond donors (Lipinski definition) is 2. The van der Waals surface area contributed by atoms with Crippen LogP contribution in [0.25, 0.3) is 0 Å². The number of halogens is 1. The molecule has 0 saturated carbocycles. The van der Waals surface area contributed by atoms with Crippen LogP contribution in [0.1, 0.15) is 53.8 Å². The Morgan fingerprint density at radius 1 is 1.06 bits per heavy atom. The number of carbonyl (C=O) groups is 3. The Hall–Kier alpha value is -3.42. The highest BCUT2D eigenvalue weighted by Crippen LogP contribution is 2.24. The molecule has 0 bridgehead atoms. The summed E-state index contributed by atoms with van der Waals surface area (Å²) in [6.45, 7) is 4.77. The van der Waals surface area contributed by atoms with E-state index in [1.54, 1.807) is 42.3 Å². The second-order valence-electron chi connectivity index (χ2n) is 8.61. The highest BCUT2D eigenvalue weighted by Gasteiger charge is 2.35. The summed E-state index contributed by atoms with van der Waals surface area (Å²) in [5.41, 5.74) is 0.467. The van der Waals surface area contributed by atoms with E-state index >= 15 is 0 Å². The zero-order valence-corrected chi connectivity index (χ0v) is 19.8. The maximum Gasteiger partial charge on any atom is 0.254 e. The number of benzene rings is 2. The van der Waals surface area contributed by atoms with Crippen LogP contribution in [0.15, 0.2) is 48.5 Å². The Labute approximate surface area is 199 Å². The minimum absolute atomic E-state index is 0.0582. The summed E-state index contributed by atoms with van der Waals surface area (Å²) in [6.07, 6.45) is 1.82. The number of carbonyl (C=O) groups excluding carboxylic acids is 3. The molecule has 0 radical (unpaired) electrons. The number of methoxy groups -OCH3 is 1. The van der Waals surface area contributed by atoms with Crippen molar-refractivity contribution in [1.29, 1.82) is 0 Å². The van der Waals surface area contributed by atoms with Crippen molar-refractivity contribution in [2.75, 3.05) is 20.2 Å². The Kier molecular flexibility index (Phi) is 8.62. The quantitative estimate of drug-likeness (QED) is 0.620. The number of likely N-dealkylation sites (tertiary alicyclic amines) is 1. The predicted octanol–water partition coefficient (Wildman–Crippen LogP) is 3.40. The van der Waals surface area contributed by atoms with E-state index < -0.39 is 17.8 Å². The molecule has 0 aliphatic carbocycles. The molecule has 8 heteroatoms. The van der Waals surface area contributed by atoms with Gasteiger partial charge in [-0.2, -0.15) is 0 Å². The Morgan fingerprint density at radius 3 is 2.29 bits per heavy atom. The van der Waals surface area contributed by atoms with Crippen LogP contribution in [0.3, 0.4) is 0 Å². The van der Waals surface area contributed by atoms with Crippen LogP contribution in [0.2, 0.25) is 0 Å². The number of nitrogens with zero attached hydrogens (tertiary/aromatic N) is 1. The second kappa shape index (κ2) is 11.6. The number of ether oxygens (including phenoxy) is 1. The molecule has 2 aromatic rings. The third-order valence-corrected chi connectivity index (χ3v) is 6.32. The van der Waals surface area contributed by atoms with Gasteiger partial charge in [-0.25, -0.2) is 4.39 Å². The molecule has 1 saturated heterocycles. The molecular formula is C26H32FN3O4. The fraction of sp³-hybridized carbons (Fsp3) is 0.423. The van der Waals surface area contributed by atoms with Crippen molar-refractivity contribution in [3.63, 3.8) is 0 Å². The van der Waals surface area contributed by atoms with Crippen molar-refractivity contribution in [2.45, 2.75) is 45.2 Å². The van der Waals surface area contributed by atoms with Gasteiger partial charge in [-0.1, -0.05) is 19.1 Å². The van der Waals surface area contributed by atoms with Crippen molar-refractivity contribution in [3.8, 4) is 5.75 Å². The van der Waals surface area contributed by atoms with Gasteiger partial charge in [0.2, 0.25) is 5.91 Å². The molecule has 3 rings (SSSR count). The van der Waals surface area contributed by atoms with Gasteiger partial charge in [0.15, 0.2) is 0 Å². The average Bonchev–Trinajstić information content (AvgIpc) is 2.87. The zero-order chi connectivity index (χ0) is 24.7. The van der Waals surface area contributed by atoms with Gasteiger partial charge >= 0.3 is 0 Å². The number of rotatable bonds is 8. The normalized spacial score (nSPS) is 15.8. The van der Waals surface area contributed by atoms with E-state index in [9.17, 15) is 18.8 Å². The fourth-order valence-corrected chi connectivity index (χ4v) is 4.05. The maximum atomic E-state index is 14.1. The van der Waals surface area contributed by atoms with Crippen molar-refractivity contribution < 1.29 is 23.5 Å². The van der Waals surface area contributed by atoms with Crippen LogP contribution in [0, 0.1) is 11.7 Å². The van der Waals surface area contributed by atoms with E-state index in [-0.39, 0.29) is 29.3 Å². The van der Waals surface area contributed by atoms with Crippen LogP contribution in [0.4, 0.5) is 4.39 Å². The van der Waals surface area contributed by atoms with E-state index in [1.165, 1.54) is 18.2 Å². The molecule has 7 nitrogen and oxygen atoms in total. The topological polar surface area (TPSA) is 87.7 Å². The van der Waals surface area contributed by atoms with Gasteiger partial charge in [-0.05, 0) is 68.5 Å². The predicted molar refractivity (Wildman–Crippen MR) is 127 cm³/mol. The Morgan fingerprint density at radius 2 is 1.71 bits per heavy atom. The minimum Gasteiger partial charge on any atom is -0.497 e. The zero-order valence-electron chi connectivity index (χ0n) is 19.8. The summed E-state index contributed by atoms with van der Waals surface area (Å²) in [5.74, 6) is -1.15. The van der Waals surface area contributed by atoms with Crippen LogP contribution >= 0.6 is 0 Å². The molecule has 34 heavy (non-hydrogen) atoms. The van der Waals surface area contributed by atoms with E-state index in [0.29, 0.717) is 37.2 Å². The molecule has 0 aromatic heterocycles. The van der Waals surface area contributed by atoms with Crippen LogP contribution in [-0.4, -0.2) is 54.9 Å². The smallest absolute Gasteiger partial charge is 0.254 e. The highest BCUT2D eigenvalue weighted by atomic mass is 19.1. The number of amides is 3. The molecule has 2 N–H and O–H groups in total. The van der Waals surface area contributed by atoms with Crippen molar-refractivity contribution in [3.05, 3.63) is 65.5 Å². The third kappa shape index (κ3) is 6.12.